The van der Waals surface area contributed by atoms with Crippen LogP contribution in [0.5, 0.6) is 0 Å². The molecule has 0 atom stereocenters. The molecular weight excluding hydrogens is 377 g/mol. The Labute approximate surface area is 163 Å². The highest BCUT2D eigenvalue weighted by atomic mass is 35.5. The fourth-order valence-electron chi connectivity index (χ4n) is 3.18. The van der Waals surface area contributed by atoms with Crippen molar-refractivity contribution in [3.63, 3.8) is 0 Å². The molecular formula is C17H23Cl2N5O2. The van der Waals surface area contributed by atoms with Gasteiger partial charge in [0.25, 0.3) is 0 Å². The zero-order valence-corrected chi connectivity index (χ0v) is 16.2. The van der Waals surface area contributed by atoms with Gasteiger partial charge in [0.1, 0.15) is 0 Å². The number of carbonyl (C=O) groups is 1. The van der Waals surface area contributed by atoms with Crippen LogP contribution < -0.4 is 0 Å². The van der Waals surface area contributed by atoms with E-state index in [-0.39, 0.29) is 19.0 Å². The average Bonchev–Trinajstić information content (AvgIpc) is 3.04. The Morgan fingerprint density at radius 2 is 1.96 bits per heavy atom. The number of aliphatic carboxylic acids is 1. The zero-order valence-electron chi connectivity index (χ0n) is 14.6. The molecule has 0 aliphatic carbocycles. The van der Waals surface area contributed by atoms with Gasteiger partial charge in [-0.05, 0) is 44.2 Å². The van der Waals surface area contributed by atoms with E-state index < -0.39 is 5.97 Å². The van der Waals surface area contributed by atoms with Crippen molar-refractivity contribution in [2.45, 2.75) is 25.4 Å². The predicted octanol–water partition coefficient (Wildman–Crippen LogP) is 2.32. The Balaban J connectivity index is 0.00000243. The van der Waals surface area contributed by atoms with Gasteiger partial charge >= 0.3 is 5.97 Å². The maximum atomic E-state index is 10.8. The third kappa shape index (κ3) is 5.41. The van der Waals surface area contributed by atoms with Crippen molar-refractivity contribution in [1.82, 2.24) is 24.8 Å². The molecule has 0 spiro atoms. The molecule has 1 aromatic carbocycles. The molecule has 1 saturated heterocycles. The quantitative estimate of drug-likeness (QED) is 0.803. The number of halogens is 2. The van der Waals surface area contributed by atoms with Crippen LogP contribution in [0, 0.1) is 0 Å². The molecule has 0 radical (unpaired) electrons. The lowest BCUT2D eigenvalue weighted by molar-refractivity contribution is -0.138. The first kappa shape index (κ1) is 20.6. The molecule has 1 aromatic heterocycles. The first-order valence-electron chi connectivity index (χ1n) is 8.33. The molecule has 26 heavy (non-hydrogen) atoms. The number of benzene rings is 1. The van der Waals surface area contributed by atoms with Crippen LogP contribution in [0.4, 0.5) is 0 Å². The molecule has 0 unspecified atom stereocenters. The van der Waals surface area contributed by atoms with Gasteiger partial charge in [0.05, 0.1) is 24.1 Å². The van der Waals surface area contributed by atoms with Gasteiger partial charge in [0, 0.05) is 30.7 Å². The summed E-state index contributed by atoms with van der Waals surface area (Å²) in [6.45, 7) is 2.72. The summed E-state index contributed by atoms with van der Waals surface area (Å²) >= 11 is 5.91. The number of carboxylic acids is 1. The lowest BCUT2D eigenvalue weighted by atomic mass is 10.0. The summed E-state index contributed by atoms with van der Waals surface area (Å²) in [6, 6.07) is 7.81. The van der Waals surface area contributed by atoms with Crippen LogP contribution in [0.1, 0.15) is 18.5 Å². The number of piperidine rings is 1. The second-order valence-corrected chi connectivity index (χ2v) is 6.88. The summed E-state index contributed by atoms with van der Waals surface area (Å²) in [5, 5.41) is 18.0. The van der Waals surface area contributed by atoms with Crippen LogP contribution in [0.2, 0.25) is 5.02 Å². The lowest BCUT2D eigenvalue weighted by Crippen LogP contribution is -2.44. The summed E-state index contributed by atoms with van der Waals surface area (Å²) < 4.78 is 1.75. The van der Waals surface area contributed by atoms with Crippen LogP contribution in [0.25, 0.3) is 5.69 Å². The minimum absolute atomic E-state index is 0. The number of likely N-dealkylation sites (N-methyl/N-ethyl adjacent to an activating group) is 1. The highest BCUT2D eigenvalue weighted by molar-refractivity contribution is 6.30. The van der Waals surface area contributed by atoms with E-state index in [4.69, 9.17) is 16.7 Å². The molecule has 0 amide bonds. The van der Waals surface area contributed by atoms with Crippen LogP contribution in [-0.4, -0.2) is 68.6 Å². The van der Waals surface area contributed by atoms with E-state index >= 15 is 0 Å². The summed E-state index contributed by atoms with van der Waals surface area (Å²) in [4.78, 5) is 15.1. The van der Waals surface area contributed by atoms with Crippen LogP contribution in [-0.2, 0) is 11.3 Å². The van der Waals surface area contributed by atoms with Gasteiger partial charge in [0.2, 0.25) is 0 Å². The smallest absolute Gasteiger partial charge is 0.317 e. The Hall–Kier alpha value is -1.67. The van der Waals surface area contributed by atoms with E-state index in [0.29, 0.717) is 11.1 Å². The van der Waals surface area contributed by atoms with Gasteiger partial charge in [0.15, 0.2) is 0 Å². The van der Waals surface area contributed by atoms with E-state index in [1.165, 1.54) is 0 Å². The first-order valence-corrected chi connectivity index (χ1v) is 8.70. The van der Waals surface area contributed by atoms with Crippen molar-refractivity contribution in [3.8, 4) is 5.69 Å². The van der Waals surface area contributed by atoms with Crippen molar-refractivity contribution in [3.05, 3.63) is 41.2 Å². The van der Waals surface area contributed by atoms with E-state index in [0.717, 1.165) is 43.9 Å². The van der Waals surface area contributed by atoms with Gasteiger partial charge in [-0.25, -0.2) is 4.68 Å². The van der Waals surface area contributed by atoms with Gasteiger partial charge in [-0.3, -0.25) is 14.6 Å². The maximum Gasteiger partial charge on any atom is 0.317 e. The number of aromatic nitrogens is 3. The summed E-state index contributed by atoms with van der Waals surface area (Å²) in [5.74, 6) is -0.774. The Kier molecular flexibility index (Phi) is 7.40. The SMILES string of the molecule is CN(CC(=O)O)C1CCN(Cc2cn(-c3ccc(Cl)cc3)nn2)CC1.Cl. The number of hydrogen-bond acceptors (Lipinski definition) is 5. The highest BCUT2D eigenvalue weighted by Crippen LogP contribution is 2.18. The molecule has 3 rings (SSSR count). The van der Waals surface area contributed by atoms with Crippen molar-refractivity contribution in [2.24, 2.45) is 0 Å². The predicted molar refractivity (Wildman–Crippen MR) is 102 cm³/mol. The van der Waals surface area contributed by atoms with Gasteiger partial charge < -0.3 is 5.11 Å². The molecule has 2 aromatic rings. The summed E-state index contributed by atoms with van der Waals surface area (Å²) in [7, 11) is 1.88. The number of rotatable bonds is 6. The third-order valence-electron chi connectivity index (χ3n) is 4.58. The normalized spacial score (nSPS) is 15.8. The third-order valence-corrected chi connectivity index (χ3v) is 4.83. The molecule has 1 fully saturated rings. The molecule has 0 saturated carbocycles. The molecule has 9 heteroatoms. The molecule has 1 aliphatic heterocycles. The second-order valence-electron chi connectivity index (χ2n) is 6.45. The van der Waals surface area contributed by atoms with Crippen LogP contribution >= 0.6 is 24.0 Å². The Bertz CT molecular complexity index is 714. The minimum Gasteiger partial charge on any atom is -0.480 e. The largest absolute Gasteiger partial charge is 0.480 e. The van der Waals surface area contributed by atoms with Gasteiger partial charge in [-0.15, -0.1) is 17.5 Å². The fourth-order valence-corrected chi connectivity index (χ4v) is 3.31. The summed E-state index contributed by atoms with van der Waals surface area (Å²) in [6.07, 6.45) is 3.87. The van der Waals surface area contributed by atoms with E-state index in [2.05, 4.69) is 15.2 Å². The molecule has 2 heterocycles. The standard InChI is InChI=1S/C17H22ClN5O2.ClH/c1-21(12-17(24)25)15-6-8-22(9-7-15)10-14-11-23(20-19-14)16-4-2-13(18)3-5-16;/h2-5,11,15H,6-10,12H2,1H3,(H,24,25);1H. The number of nitrogens with zero attached hydrogens (tertiary/aromatic N) is 5. The Morgan fingerprint density at radius 1 is 1.31 bits per heavy atom. The van der Waals surface area contributed by atoms with Crippen molar-refractivity contribution >= 4 is 30.0 Å². The average molecular weight is 400 g/mol. The second kappa shape index (κ2) is 9.32. The first-order chi connectivity index (χ1) is 12.0. The molecule has 1 aliphatic rings. The van der Waals surface area contributed by atoms with E-state index in [1.54, 1.807) is 4.68 Å². The molecule has 7 nitrogen and oxygen atoms in total. The number of hydrogen-bond donors (Lipinski definition) is 1. The zero-order chi connectivity index (χ0) is 17.8. The summed E-state index contributed by atoms with van der Waals surface area (Å²) in [5.41, 5.74) is 1.85. The minimum atomic E-state index is -0.774. The van der Waals surface area contributed by atoms with Crippen LogP contribution in [0.15, 0.2) is 30.5 Å². The van der Waals surface area contributed by atoms with E-state index in [1.807, 2.05) is 42.4 Å². The lowest BCUT2D eigenvalue weighted by Gasteiger charge is -2.35. The van der Waals surface area contributed by atoms with Crippen molar-refractivity contribution in [2.75, 3.05) is 26.7 Å². The monoisotopic (exact) mass is 399 g/mol. The number of carboxylic acid groups (broad SMARTS) is 1. The topological polar surface area (TPSA) is 74.5 Å². The Morgan fingerprint density at radius 3 is 2.58 bits per heavy atom. The highest BCUT2D eigenvalue weighted by Gasteiger charge is 2.24. The fraction of sp³-hybridized carbons (Fsp3) is 0.471. The molecule has 142 valence electrons. The van der Waals surface area contributed by atoms with Gasteiger partial charge in [-0.2, -0.15) is 0 Å². The maximum absolute atomic E-state index is 10.8. The van der Waals surface area contributed by atoms with E-state index in [9.17, 15) is 4.79 Å². The van der Waals surface area contributed by atoms with Crippen molar-refractivity contribution < 1.29 is 9.90 Å². The molecule has 1 N–H and O–H groups in total. The van der Waals surface area contributed by atoms with Crippen molar-refractivity contribution in [1.29, 1.82) is 0 Å². The van der Waals surface area contributed by atoms with Crippen LogP contribution in [0.3, 0.4) is 0 Å². The molecule has 0 bridgehead atoms. The van der Waals surface area contributed by atoms with Gasteiger partial charge in [-0.1, -0.05) is 16.8 Å². The number of likely N-dealkylation sites (tertiary alicyclic amines) is 1.